The van der Waals surface area contributed by atoms with Crippen molar-refractivity contribution < 1.29 is 0 Å². The van der Waals surface area contributed by atoms with E-state index in [1.165, 1.54) is 16.3 Å². The number of unbranched alkanes of at least 4 members (excludes halogenated alkanes) is 1. The minimum absolute atomic E-state index is 0.330. The fourth-order valence-corrected chi connectivity index (χ4v) is 4.10. The number of rotatable bonds is 5. The number of benzene rings is 2. The van der Waals surface area contributed by atoms with Gasteiger partial charge in [-0.3, -0.25) is 0 Å². The first-order chi connectivity index (χ1) is 12.8. The number of hydrogen-bond donors (Lipinski definition) is 1. The first-order valence-electron chi connectivity index (χ1n) is 8.96. The molecule has 0 aliphatic carbocycles. The number of hydrogen-bond acceptors (Lipinski definition) is 4. The Morgan fingerprint density at radius 1 is 0.923 bits per heavy atom. The van der Waals surface area contributed by atoms with Gasteiger partial charge in [-0.05, 0) is 35.1 Å². The van der Waals surface area contributed by atoms with Crippen molar-refractivity contribution in [1.29, 1.82) is 0 Å². The summed E-state index contributed by atoms with van der Waals surface area (Å²) in [6.45, 7) is 2.21. The van der Waals surface area contributed by atoms with Crippen LogP contribution < -0.4 is 5.73 Å². The maximum absolute atomic E-state index is 6.13. The zero-order valence-electron chi connectivity index (χ0n) is 14.8. The van der Waals surface area contributed by atoms with Crippen LogP contribution in [-0.2, 0) is 6.42 Å². The summed E-state index contributed by atoms with van der Waals surface area (Å²) < 4.78 is 0. The summed E-state index contributed by atoms with van der Waals surface area (Å²) in [4.78, 5) is 10.4. The summed E-state index contributed by atoms with van der Waals surface area (Å²) in [5.74, 6) is 0.330. The largest absolute Gasteiger partial charge is 0.368 e. The third-order valence-corrected chi connectivity index (χ3v) is 5.48. The van der Waals surface area contributed by atoms with Crippen molar-refractivity contribution in [3.05, 3.63) is 65.5 Å². The van der Waals surface area contributed by atoms with E-state index in [4.69, 9.17) is 5.73 Å². The Hall–Kier alpha value is -2.72. The molecule has 0 unspecified atom stereocenters. The van der Waals surface area contributed by atoms with Gasteiger partial charge in [0.25, 0.3) is 0 Å². The molecule has 4 aromatic rings. The van der Waals surface area contributed by atoms with Gasteiger partial charge >= 0.3 is 0 Å². The lowest BCUT2D eigenvalue weighted by atomic mass is 9.95. The van der Waals surface area contributed by atoms with Crippen molar-refractivity contribution in [1.82, 2.24) is 9.97 Å². The van der Waals surface area contributed by atoms with Gasteiger partial charge in [0.05, 0.1) is 16.3 Å². The van der Waals surface area contributed by atoms with Crippen LogP contribution in [-0.4, -0.2) is 9.97 Å². The van der Waals surface area contributed by atoms with Crippen molar-refractivity contribution >= 4 is 28.1 Å². The predicted octanol–water partition coefficient (Wildman–Crippen LogP) is 5.95. The number of nitrogens with two attached hydrogens (primary N) is 1. The summed E-state index contributed by atoms with van der Waals surface area (Å²) in [6.07, 6.45) is 3.18. The SMILES string of the molecule is CCCCc1c(-c2cccs2)nc(N)nc1-c1cccc2ccccc12. The van der Waals surface area contributed by atoms with Crippen molar-refractivity contribution in [3.8, 4) is 21.8 Å². The van der Waals surface area contributed by atoms with Crippen molar-refractivity contribution in [2.75, 3.05) is 5.73 Å². The topological polar surface area (TPSA) is 51.8 Å². The predicted molar refractivity (Wildman–Crippen MR) is 111 cm³/mol. The number of anilines is 1. The Morgan fingerprint density at radius 3 is 2.54 bits per heavy atom. The van der Waals surface area contributed by atoms with E-state index in [0.717, 1.165) is 41.1 Å². The van der Waals surface area contributed by atoms with Gasteiger partial charge in [-0.25, -0.2) is 9.97 Å². The molecule has 130 valence electrons. The Bertz CT molecular complexity index is 1030. The van der Waals surface area contributed by atoms with Crippen molar-refractivity contribution in [2.45, 2.75) is 26.2 Å². The molecule has 0 amide bonds. The molecule has 4 heteroatoms. The van der Waals surface area contributed by atoms with Gasteiger partial charge in [0.15, 0.2) is 0 Å². The highest BCUT2D eigenvalue weighted by Gasteiger charge is 2.18. The molecule has 4 rings (SSSR count). The third-order valence-electron chi connectivity index (χ3n) is 4.60. The zero-order valence-corrected chi connectivity index (χ0v) is 15.6. The normalized spacial score (nSPS) is 11.1. The van der Waals surface area contributed by atoms with Crippen LogP contribution in [0.5, 0.6) is 0 Å². The van der Waals surface area contributed by atoms with Gasteiger partial charge in [-0.1, -0.05) is 61.9 Å². The number of nitrogens with zero attached hydrogens (tertiary/aromatic N) is 2. The monoisotopic (exact) mass is 359 g/mol. The van der Waals surface area contributed by atoms with Crippen LogP contribution >= 0.6 is 11.3 Å². The molecule has 2 aromatic heterocycles. The molecular formula is C22H21N3S. The third kappa shape index (κ3) is 3.08. The number of aromatic nitrogens is 2. The second kappa shape index (κ2) is 7.26. The molecule has 0 radical (unpaired) electrons. The van der Waals surface area contributed by atoms with Crippen LogP contribution in [0.25, 0.3) is 32.6 Å². The Labute approximate surface area is 157 Å². The Morgan fingerprint density at radius 2 is 1.73 bits per heavy atom. The van der Waals surface area contributed by atoms with Gasteiger partial charge in [0.1, 0.15) is 0 Å². The summed E-state index contributed by atoms with van der Waals surface area (Å²) in [6, 6.07) is 18.9. The lowest BCUT2D eigenvalue weighted by molar-refractivity contribution is 0.792. The molecule has 2 N–H and O–H groups in total. The van der Waals surface area contributed by atoms with Gasteiger partial charge in [0.2, 0.25) is 5.95 Å². The standard InChI is InChI=1S/C22H21N3S/c1-2-3-10-18-20(17-12-6-9-15-8-4-5-11-16(15)17)24-22(23)25-21(18)19-13-7-14-26-19/h4-9,11-14H,2-3,10H2,1H3,(H2,23,24,25). The van der Waals surface area contributed by atoms with Gasteiger partial charge in [0, 0.05) is 11.1 Å². The molecule has 2 heterocycles. The molecule has 0 aliphatic heterocycles. The second-order valence-electron chi connectivity index (χ2n) is 6.37. The molecule has 0 saturated heterocycles. The van der Waals surface area contributed by atoms with E-state index in [1.807, 2.05) is 0 Å². The maximum Gasteiger partial charge on any atom is 0.221 e. The molecule has 2 aromatic carbocycles. The molecule has 0 aliphatic rings. The number of thiophene rings is 1. The van der Waals surface area contributed by atoms with E-state index in [0.29, 0.717) is 5.95 Å². The van der Waals surface area contributed by atoms with E-state index in [9.17, 15) is 0 Å². The fraction of sp³-hybridized carbons (Fsp3) is 0.182. The average molecular weight is 359 g/mol. The number of fused-ring (bicyclic) bond motifs is 1. The quantitative estimate of drug-likeness (QED) is 0.479. The summed E-state index contributed by atoms with van der Waals surface area (Å²) in [5.41, 5.74) is 10.4. The molecule has 0 fully saturated rings. The molecule has 3 nitrogen and oxygen atoms in total. The Balaban J connectivity index is 2.00. The lowest BCUT2D eigenvalue weighted by Gasteiger charge is -2.15. The van der Waals surface area contributed by atoms with E-state index in [1.54, 1.807) is 11.3 Å². The Kier molecular flexibility index (Phi) is 4.67. The summed E-state index contributed by atoms with van der Waals surface area (Å²) >= 11 is 1.69. The molecule has 0 atom stereocenters. The van der Waals surface area contributed by atoms with Crippen molar-refractivity contribution in [3.63, 3.8) is 0 Å². The highest BCUT2D eigenvalue weighted by Crippen LogP contribution is 2.36. The van der Waals surface area contributed by atoms with E-state index < -0.39 is 0 Å². The van der Waals surface area contributed by atoms with Crippen molar-refractivity contribution in [2.24, 2.45) is 0 Å². The van der Waals surface area contributed by atoms with Crippen LogP contribution in [0.1, 0.15) is 25.3 Å². The smallest absolute Gasteiger partial charge is 0.221 e. The molecular weight excluding hydrogens is 338 g/mol. The summed E-state index contributed by atoms with van der Waals surface area (Å²) in [7, 11) is 0. The lowest BCUT2D eigenvalue weighted by Crippen LogP contribution is -2.05. The fourth-order valence-electron chi connectivity index (χ4n) is 3.36. The van der Waals surface area contributed by atoms with Gasteiger partial charge in [-0.2, -0.15) is 0 Å². The maximum atomic E-state index is 6.13. The second-order valence-corrected chi connectivity index (χ2v) is 7.31. The van der Waals surface area contributed by atoms with Gasteiger partial charge in [-0.15, -0.1) is 11.3 Å². The molecule has 0 bridgehead atoms. The minimum Gasteiger partial charge on any atom is -0.368 e. The van der Waals surface area contributed by atoms with E-state index in [-0.39, 0.29) is 0 Å². The average Bonchev–Trinajstić information content (AvgIpc) is 3.20. The first-order valence-corrected chi connectivity index (χ1v) is 9.84. The van der Waals surface area contributed by atoms with Crippen LogP contribution in [0.2, 0.25) is 0 Å². The van der Waals surface area contributed by atoms with Gasteiger partial charge < -0.3 is 5.73 Å². The van der Waals surface area contributed by atoms with E-state index in [2.05, 4.69) is 76.9 Å². The van der Waals surface area contributed by atoms with Crippen LogP contribution in [0.15, 0.2) is 60.0 Å². The van der Waals surface area contributed by atoms with Crippen LogP contribution in [0.3, 0.4) is 0 Å². The molecule has 0 spiro atoms. The van der Waals surface area contributed by atoms with E-state index >= 15 is 0 Å². The zero-order chi connectivity index (χ0) is 17.9. The highest BCUT2D eigenvalue weighted by atomic mass is 32.1. The van der Waals surface area contributed by atoms with Crippen LogP contribution in [0, 0.1) is 0 Å². The highest BCUT2D eigenvalue weighted by molar-refractivity contribution is 7.13. The minimum atomic E-state index is 0.330. The summed E-state index contributed by atoms with van der Waals surface area (Å²) in [5, 5.41) is 4.48. The van der Waals surface area contributed by atoms with Crippen LogP contribution in [0.4, 0.5) is 5.95 Å². The first kappa shape index (κ1) is 16.7. The molecule has 26 heavy (non-hydrogen) atoms. The molecule has 0 saturated carbocycles. The number of nitrogen functional groups attached to an aromatic ring is 1.